The Hall–Kier alpha value is -1.88. The zero-order valence-electron chi connectivity index (χ0n) is 21.9. The SMILES string of the molecule is Brc1ccc2c(c1)Cc1ccccc1-2.CC(C)CBr.CC(C)Cn1c2ccccc2c2ccc(Br)cc21. The lowest BCUT2D eigenvalue weighted by molar-refractivity contribution is 0.545. The van der Waals surface area contributed by atoms with Gasteiger partial charge in [-0.2, -0.15) is 0 Å². The van der Waals surface area contributed by atoms with E-state index in [1.54, 1.807) is 0 Å². The van der Waals surface area contributed by atoms with Crippen molar-refractivity contribution in [1.82, 2.24) is 4.57 Å². The lowest BCUT2D eigenvalue weighted by Gasteiger charge is -2.10. The van der Waals surface area contributed by atoms with E-state index < -0.39 is 0 Å². The van der Waals surface area contributed by atoms with E-state index in [9.17, 15) is 0 Å². The van der Waals surface area contributed by atoms with Gasteiger partial charge in [0.15, 0.2) is 0 Å². The van der Waals surface area contributed by atoms with E-state index in [0.717, 1.165) is 28.7 Å². The van der Waals surface area contributed by atoms with E-state index in [1.165, 1.54) is 48.5 Å². The van der Waals surface area contributed by atoms with Crippen LogP contribution in [0.3, 0.4) is 0 Å². The molecular weight excluding hydrogens is 650 g/mol. The number of nitrogens with zero attached hydrogens (tertiary/aromatic N) is 1. The summed E-state index contributed by atoms with van der Waals surface area (Å²) in [5.41, 5.74) is 8.32. The summed E-state index contributed by atoms with van der Waals surface area (Å²) in [6, 6.07) is 30.4. The first-order valence-corrected chi connectivity index (χ1v) is 15.6. The first-order chi connectivity index (χ1) is 17.8. The molecule has 0 atom stereocenters. The minimum absolute atomic E-state index is 0.642. The van der Waals surface area contributed by atoms with Crippen LogP contribution in [0.2, 0.25) is 0 Å². The summed E-state index contributed by atoms with van der Waals surface area (Å²) in [6.07, 6.45) is 1.07. The maximum Gasteiger partial charge on any atom is 0.0502 e. The first-order valence-electron chi connectivity index (χ1n) is 12.9. The van der Waals surface area contributed by atoms with Gasteiger partial charge in [-0.25, -0.2) is 0 Å². The Morgan fingerprint density at radius 1 is 0.649 bits per heavy atom. The zero-order chi connectivity index (χ0) is 26.5. The molecule has 4 heteroatoms. The highest BCUT2D eigenvalue weighted by Gasteiger charge is 2.17. The van der Waals surface area contributed by atoms with E-state index >= 15 is 0 Å². The molecule has 0 saturated heterocycles. The number of hydrogen-bond acceptors (Lipinski definition) is 0. The number of benzene rings is 4. The largest absolute Gasteiger partial charge is 0.340 e. The molecule has 5 aromatic rings. The Bertz CT molecular complexity index is 1500. The maximum atomic E-state index is 3.58. The number of fused-ring (bicyclic) bond motifs is 6. The number of para-hydroxylation sites is 1. The first kappa shape index (κ1) is 28.1. The molecular formula is C33H34Br3N. The molecule has 1 nitrogen and oxygen atoms in total. The molecule has 0 N–H and O–H groups in total. The average molecular weight is 684 g/mol. The highest BCUT2D eigenvalue weighted by atomic mass is 79.9. The molecule has 0 aliphatic heterocycles. The summed E-state index contributed by atoms with van der Waals surface area (Å²) in [5, 5.41) is 3.81. The Balaban J connectivity index is 0.000000150. The Kier molecular flexibility index (Phi) is 9.72. The molecule has 4 aromatic carbocycles. The number of halogens is 3. The van der Waals surface area contributed by atoms with Gasteiger partial charge in [-0.15, -0.1) is 0 Å². The molecule has 37 heavy (non-hydrogen) atoms. The monoisotopic (exact) mass is 681 g/mol. The molecule has 0 saturated carbocycles. The summed E-state index contributed by atoms with van der Waals surface area (Å²) in [6.45, 7) is 9.93. The second-order valence-corrected chi connectivity index (χ2v) is 12.8. The van der Waals surface area contributed by atoms with Crippen molar-refractivity contribution in [3.63, 3.8) is 0 Å². The van der Waals surface area contributed by atoms with Crippen molar-refractivity contribution in [3.05, 3.63) is 105 Å². The summed E-state index contributed by atoms with van der Waals surface area (Å²) in [5.74, 6) is 1.44. The fourth-order valence-electron chi connectivity index (χ4n) is 4.70. The maximum absolute atomic E-state index is 3.58. The van der Waals surface area contributed by atoms with Crippen molar-refractivity contribution in [2.45, 2.75) is 40.7 Å². The highest BCUT2D eigenvalue weighted by Crippen LogP contribution is 2.37. The van der Waals surface area contributed by atoms with Crippen molar-refractivity contribution < 1.29 is 0 Å². The van der Waals surface area contributed by atoms with Gasteiger partial charge in [0.05, 0.1) is 5.52 Å². The van der Waals surface area contributed by atoms with Crippen LogP contribution in [0.5, 0.6) is 0 Å². The standard InChI is InChI=1S/C16H16BrN.C13H9Br.C4H9Br/c1-11(2)10-18-15-6-4-3-5-13(15)14-8-7-12(17)9-16(14)18;14-11-5-6-13-10(8-11)7-9-3-1-2-4-12(9)13;1-4(2)3-5/h3-9,11H,10H2,1-2H3;1-6,8H,7H2;4H,3H2,1-2H3. The lowest BCUT2D eigenvalue weighted by Crippen LogP contribution is -2.03. The van der Waals surface area contributed by atoms with Crippen molar-refractivity contribution in [3.8, 4) is 11.1 Å². The number of rotatable bonds is 3. The van der Waals surface area contributed by atoms with Crippen LogP contribution >= 0.6 is 47.8 Å². The van der Waals surface area contributed by atoms with Gasteiger partial charge in [-0.3, -0.25) is 0 Å². The predicted molar refractivity (Wildman–Crippen MR) is 173 cm³/mol. The third-order valence-corrected chi connectivity index (χ3v) is 8.63. The van der Waals surface area contributed by atoms with Crippen molar-refractivity contribution in [1.29, 1.82) is 0 Å². The third-order valence-electron chi connectivity index (χ3n) is 6.35. The van der Waals surface area contributed by atoms with Crippen LogP contribution in [0.25, 0.3) is 32.9 Å². The quantitative estimate of drug-likeness (QED) is 0.164. The molecule has 1 aliphatic carbocycles. The summed E-state index contributed by atoms with van der Waals surface area (Å²) >= 11 is 10.4. The number of hydrogen-bond donors (Lipinski definition) is 0. The van der Waals surface area contributed by atoms with Crippen LogP contribution in [0.15, 0.2) is 93.9 Å². The topological polar surface area (TPSA) is 4.93 Å². The molecule has 1 heterocycles. The zero-order valence-corrected chi connectivity index (χ0v) is 26.7. The van der Waals surface area contributed by atoms with Gasteiger partial charge in [-0.1, -0.05) is 130 Å². The Labute approximate surface area is 246 Å². The van der Waals surface area contributed by atoms with Crippen LogP contribution in [0, 0.1) is 11.8 Å². The smallest absolute Gasteiger partial charge is 0.0502 e. The van der Waals surface area contributed by atoms with Crippen LogP contribution in [0.1, 0.15) is 38.8 Å². The van der Waals surface area contributed by atoms with Crippen LogP contribution in [-0.2, 0) is 13.0 Å². The number of alkyl halides is 1. The van der Waals surface area contributed by atoms with Gasteiger partial charge in [-0.05, 0) is 70.8 Å². The molecule has 0 unspecified atom stereocenters. The molecule has 0 fully saturated rings. The minimum Gasteiger partial charge on any atom is -0.340 e. The highest BCUT2D eigenvalue weighted by molar-refractivity contribution is 9.10. The fourth-order valence-corrected chi connectivity index (χ4v) is 5.46. The van der Waals surface area contributed by atoms with Gasteiger partial charge in [0.25, 0.3) is 0 Å². The molecule has 1 aliphatic rings. The van der Waals surface area contributed by atoms with E-state index in [-0.39, 0.29) is 0 Å². The summed E-state index contributed by atoms with van der Waals surface area (Å²) < 4.78 is 4.74. The van der Waals surface area contributed by atoms with Gasteiger partial charge in [0, 0.05) is 37.1 Å². The minimum atomic E-state index is 0.642. The van der Waals surface area contributed by atoms with Gasteiger partial charge >= 0.3 is 0 Å². The molecule has 192 valence electrons. The van der Waals surface area contributed by atoms with Crippen LogP contribution in [-0.4, -0.2) is 9.90 Å². The molecule has 6 rings (SSSR count). The predicted octanol–water partition coefficient (Wildman–Crippen LogP) is 11.3. The molecule has 0 bridgehead atoms. The van der Waals surface area contributed by atoms with Crippen molar-refractivity contribution in [2.75, 3.05) is 5.33 Å². The molecule has 0 spiro atoms. The van der Waals surface area contributed by atoms with Gasteiger partial charge < -0.3 is 4.57 Å². The summed E-state index contributed by atoms with van der Waals surface area (Å²) in [7, 11) is 0. The molecule has 0 radical (unpaired) electrons. The van der Waals surface area contributed by atoms with Gasteiger partial charge in [0.1, 0.15) is 0 Å². The van der Waals surface area contributed by atoms with E-state index in [4.69, 9.17) is 0 Å². The normalized spacial score (nSPS) is 11.7. The van der Waals surface area contributed by atoms with E-state index in [0.29, 0.717) is 5.92 Å². The second kappa shape index (κ2) is 12.8. The Morgan fingerprint density at radius 3 is 1.97 bits per heavy atom. The van der Waals surface area contributed by atoms with Crippen LogP contribution < -0.4 is 0 Å². The Morgan fingerprint density at radius 2 is 1.24 bits per heavy atom. The average Bonchev–Trinajstić information content (AvgIpc) is 3.39. The van der Waals surface area contributed by atoms with E-state index in [2.05, 4.69) is 165 Å². The summed E-state index contributed by atoms with van der Waals surface area (Å²) in [4.78, 5) is 0. The van der Waals surface area contributed by atoms with Crippen LogP contribution in [0.4, 0.5) is 0 Å². The van der Waals surface area contributed by atoms with E-state index in [1.807, 2.05) is 0 Å². The van der Waals surface area contributed by atoms with Crippen molar-refractivity contribution >= 4 is 69.6 Å². The molecule has 0 amide bonds. The fraction of sp³-hybridized carbons (Fsp3) is 0.273. The van der Waals surface area contributed by atoms with Crippen molar-refractivity contribution in [2.24, 2.45) is 11.8 Å². The molecule has 1 aromatic heterocycles. The third kappa shape index (κ3) is 6.77. The second-order valence-electron chi connectivity index (χ2n) is 10.4. The van der Waals surface area contributed by atoms with Gasteiger partial charge in [0.2, 0.25) is 0 Å². The lowest BCUT2D eigenvalue weighted by atomic mass is 10.1. The number of aromatic nitrogens is 1.